The van der Waals surface area contributed by atoms with Gasteiger partial charge in [-0.05, 0) is 6.42 Å². The van der Waals surface area contributed by atoms with Gasteiger partial charge in [-0.15, -0.1) is 0 Å². The Morgan fingerprint density at radius 1 is 1.36 bits per heavy atom. The standard InChI is InChI=1S/C8H12N2O4/c1-9-3-2-4-10(5-6(9)11)7(12)8(13)14/h2-5H2,1H3,(H,13,14). The zero-order valence-electron chi connectivity index (χ0n) is 7.89. The third-order valence-electron chi connectivity index (χ3n) is 2.14. The van der Waals surface area contributed by atoms with Crippen molar-refractivity contribution in [3.05, 3.63) is 0 Å². The van der Waals surface area contributed by atoms with Crippen molar-refractivity contribution in [3.8, 4) is 0 Å². The van der Waals surface area contributed by atoms with Crippen LogP contribution in [0.5, 0.6) is 0 Å². The number of carboxylic acid groups (broad SMARTS) is 1. The molecule has 78 valence electrons. The lowest BCUT2D eigenvalue weighted by Gasteiger charge is -2.16. The molecule has 6 nitrogen and oxygen atoms in total. The van der Waals surface area contributed by atoms with Crippen molar-refractivity contribution < 1.29 is 19.5 Å². The minimum absolute atomic E-state index is 0.137. The SMILES string of the molecule is CN1CCCN(C(=O)C(=O)O)CC1=O. The van der Waals surface area contributed by atoms with E-state index in [1.807, 2.05) is 0 Å². The van der Waals surface area contributed by atoms with Crippen LogP contribution in [0.4, 0.5) is 0 Å². The molecule has 0 saturated carbocycles. The van der Waals surface area contributed by atoms with Crippen LogP contribution in [0.1, 0.15) is 6.42 Å². The second-order valence-electron chi connectivity index (χ2n) is 3.20. The monoisotopic (exact) mass is 200 g/mol. The molecular formula is C8H12N2O4. The lowest BCUT2D eigenvalue weighted by molar-refractivity contribution is -0.156. The predicted molar refractivity (Wildman–Crippen MR) is 46.5 cm³/mol. The molecule has 0 spiro atoms. The number of carboxylic acids is 1. The van der Waals surface area contributed by atoms with Gasteiger partial charge in [0, 0.05) is 20.1 Å². The molecule has 1 aliphatic heterocycles. The first-order valence-electron chi connectivity index (χ1n) is 4.28. The van der Waals surface area contributed by atoms with Gasteiger partial charge in [0.1, 0.15) is 6.54 Å². The van der Waals surface area contributed by atoms with E-state index in [0.29, 0.717) is 19.5 Å². The van der Waals surface area contributed by atoms with Gasteiger partial charge in [0.05, 0.1) is 0 Å². The molecule has 6 heteroatoms. The van der Waals surface area contributed by atoms with Crippen molar-refractivity contribution in [3.63, 3.8) is 0 Å². The van der Waals surface area contributed by atoms with Crippen LogP contribution in [0.15, 0.2) is 0 Å². The summed E-state index contributed by atoms with van der Waals surface area (Å²) in [5.41, 5.74) is 0. The number of rotatable bonds is 0. The van der Waals surface area contributed by atoms with Gasteiger partial charge in [0.25, 0.3) is 0 Å². The fraction of sp³-hybridized carbons (Fsp3) is 0.625. The first-order valence-corrected chi connectivity index (χ1v) is 4.28. The Kier molecular flexibility index (Phi) is 3.06. The van der Waals surface area contributed by atoms with Crippen molar-refractivity contribution in [2.75, 3.05) is 26.7 Å². The van der Waals surface area contributed by atoms with Gasteiger partial charge in [0.2, 0.25) is 5.91 Å². The van der Waals surface area contributed by atoms with E-state index in [0.717, 1.165) is 4.90 Å². The Morgan fingerprint density at radius 2 is 2.00 bits per heavy atom. The normalized spacial score (nSPS) is 17.9. The average molecular weight is 200 g/mol. The van der Waals surface area contributed by atoms with Crippen molar-refractivity contribution in [2.45, 2.75) is 6.42 Å². The maximum absolute atomic E-state index is 11.3. The molecule has 0 bridgehead atoms. The van der Waals surface area contributed by atoms with Crippen LogP contribution in [0.25, 0.3) is 0 Å². The maximum Gasteiger partial charge on any atom is 0.394 e. The summed E-state index contributed by atoms with van der Waals surface area (Å²) in [7, 11) is 1.64. The summed E-state index contributed by atoms with van der Waals surface area (Å²) >= 11 is 0. The van der Waals surface area contributed by atoms with E-state index in [2.05, 4.69) is 0 Å². The van der Waals surface area contributed by atoms with Gasteiger partial charge in [-0.1, -0.05) is 0 Å². The predicted octanol–water partition coefficient (Wildman–Crippen LogP) is -1.24. The highest BCUT2D eigenvalue weighted by molar-refractivity contribution is 6.31. The van der Waals surface area contributed by atoms with Crippen LogP contribution in [0.2, 0.25) is 0 Å². The van der Waals surface area contributed by atoms with E-state index in [4.69, 9.17) is 5.11 Å². The van der Waals surface area contributed by atoms with Crippen molar-refractivity contribution >= 4 is 17.8 Å². The zero-order valence-corrected chi connectivity index (χ0v) is 7.89. The van der Waals surface area contributed by atoms with Crippen LogP contribution in [0.3, 0.4) is 0 Å². The molecule has 1 heterocycles. The molecule has 0 aromatic heterocycles. The summed E-state index contributed by atoms with van der Waals surface area (Å²) in [4.78, 5) is 35.3. The second-order valence-corrected chi connectivity index (χ2v) is 3.20. The Morgan fingerprint density at radius 3 is 2.57 bits per heavy atom. The Balaban J connectivity index is 2.68. The fourth-order valence-corrected chi connectivity index (χ4v) is 1.30. The number of aliphatic carboxylic acids is 1. The minimum atomic E-state index is -1.51. The van der Waals surface area contributed by atoms with Gasteiger partial charge in [-0.3, -0.25) is 9.59 Å². The molecule has 0 radical (unpaired) electrons. The smallest absolute Gasteiger partial charge is 0.394 e. The largest absolute Gasteiger partial charge is 0.474 e. The molecule has 1 N–H and O–H groups in total. The average Bonchev–Trinajstić information content (AvgIpc) is 2.28. The summed E-state index contributed by atoms with van der Waals surface area (Å²) in [5.74, 6) is -2.74. The number of hydrogen-bond acceptors (Lipinski definition) is 3. The van der Waals surface area contributed by atoms with E-state index < -0.39 is 11.9 Å². The fourth-order valence-electron chi connectivity index (χ4n) is 1.30. The molecular weight excluding hydrogens is 188 g/mol. The van der Waals surface area contributed by atoms with E-state index in [-0.39, 0.29) is 12.5 Å². The first-order chi connectivity index (χ1) is 6.52. The van der Waals surface area contributed by atoms with Crippen molar-refractivity contribution in [2.24, 2.45) is 0 Å². The van der Waals surface area contributed by atoms with Crippen molar-refractivity contribution in [1.29, 1.82) is 0 Å². The van der Waals surface area contributed by atoms with Gasteiger partial charge in [0.15, 0.2) is 0 Å². The molecule has 0 aromatic rings. The summed E-state index contributed by atoms with van der Waals surface area (Å²) in [6, 6.07) is 0. The molecule has 1 aliphatic rings. The summed E-state index contributed by atoms with van der Waals surface area (Å²) in [5, 5.41) is 8.46. The molecule has 0 aromatic carbocycles. The molecule has 0 aliphatic carbocycles. The van der Waals surface area contributed by atoms with Crippen LogP contribution in [0, 0.1) is 0 Å². The van der Waals surface area contributed by atoms with Gasteiger partial charge >= 0.3 is 11.9 Å². The number of hydrogen-bond donors (Lipinski definition) is 1. The van der Waals surface area contributed by atoms with E-state index in [1.54, 1.807) is 7.05 Å². The van der Waals surface area contributed by atoms with E-state index in [9.17, 15) is 14.4 Å². The molecule has 2 amide bonds. The topological polar surface area (TPSA) is 77.9 Å². The number of likely N-dealkylation sites (N-methyl/N-ethyl adjacent to an activating group) is 1. The molecule has 1 fully saturated rings. The molecule has 1 rings (SSSR count). The van der Waals surface area contributed by atoms with E-state index >= 15 is 0 Å². The number of nitrogens with zero attached hydrogens (tertiary/aromatic N) is 2. The molecule has 14 heavy (non-hydrogen) atoms. The first kappa shape index (κ1) is 10.5. The zero-order chi connectivity index (χ0) is 10.7. The Labute approximate surface area is 81.1 Å². The van der Waals surface area contributed by atoms with E-state index in [1.165, 1.54) is 4.90 Å². The third kappa shape index (κ3) is 2.21. The summed E-state index contributed by atoms with van der Waals surface area (Å²) in [6.07, 6.45) is 0.612. The highest BCUT2D eigenvalue weighted by Gasteiger charge is 2.26. The highest BCUT2D eigenvalue weighted by Crippen LogP contribution is 2.02. The lowest BCUT2D eigenvalue weighted by Crippen LogP contribution is -2.41. The minimum Gasteiger partial charge on any atom is -0.474 e. The van der Waals surface area contributed by atoms with Crippen LogP contribution < -0.4 is 0 Å². The summed E-state index contributed by atoms with van der Waals surface area (Å²) in [6.45, 7) is 0.741. The Bertz CT molecular complexity index is 277. The quantitative estimate of drug-likeness (QED) is 0.496. The molecule has 0 unspecified atom stereocenters. The summed E-state index contributed by atoms with van der Waals surface area (Å²) < 4.78 is 0. The van der Waals surface area contributed by atoms with Gasteiger partial charge in [-0.25, -0.2) is 4.79 Å². The highest BCUT2D eigenvalue weighted by atomic mass is 16.4. The number of carbonyl (C=O) groups excluding carboxylic acids is 2. The van der Waals surface area contributed by atoms with Crippen molar-refractivity contribution in [1.82, 2.24) is 9.80 Å². The number of amides is 2. The maximum atomic E-state index is 11.3. The second kappa shape index (κ2) is 4.08. The van der Waals surface area contributed by atoms with Crippen LogP contribution in [-0.4, -0.2) is 59.4 Å². The van der Waals surface area contributed by atoms with Crippen LogP contribution >= 0.6 is 0 Å². The number of carbonyl (C=O) groups is 3. The Hall–Kier alpha value is -1.59. The molecule has 0 atom stereocenters. The lowest BCUT2D eigenvalue weighted by atomic mass is 10.4. The van der Waals surface area contributed by atoms with Gasteiger partial charge < -0.3 is 14.9 Å². The van der Waals surface area contributed by atoms with Crippen LogP contribution in [-0.2, 0) is 14.4 Å². The third-order valence-corrected chi connectivity index (χ3v) is 2.14. The molecule has 1 saturated heterocycles. The van der Waals surface area contributed by atoms with Gasteiger partial charge in [-0.2, -0.15) is 0 Å².